The lowest BCUT2D eigenvalue weighted by Gasteiger charge is -2.19. The van der Waals surface area contributed by atoms with Gasteiger partial charge >= 0.3 is 0 Å². The van der Waals surface area contributed by atoms with E-state index in [1.54, 1.807) is 0 Å². The second-order valence-electron chi connectivity index (χ2n) is 6.55. The number of nitrogens with zero attached hydrogens (tertiary/aromatic N) is 2. The lowest BCUT2D eigenvalue weighted by atomic mass is 10.1. The monoisotopic (exact) mass is 376 g/mol. The van der Waals surface area contributed by atoms with Crippen LogP contribution in [0, 0.1) is 5.92 Å². The molecule has 9 heteroatoms. The van der Waals surface area contributed by atoms with Crippen LogP contribution in [0.5, 0.6) is 5.75 Å². The summed E-state index contributed by atoms with van der Waals surface area (Å²) in [7, 11) is -4.05. The molecular weight excluding hydrogens is 356 g/mol. The predicted molar refractivity (Wildman–Crippen MR) is 100 cm³/mol. The Labute approximate surface area is 151 Å². The van der Waals surface area contributed by atoms with Crippen molar-refractivity contribution in [3.05, 3.63) is 46.4 Å². The van der Waals surface area contributed by atoms with Gasteiger partial charge in [0.05, 0.1) is 5.69 Å². The Balaban J connectivity index is 2.11. The number of nitrogen functional groups attached to an aromatic ring is 1. The Morgan fingerprint density at radius 1 is 1.31 bits per heavy atom. The van der Waals surface area contributed by atoms with Crippen LogP contribution in [-0.4, -0.2) is 23.9 Å². The number of nitrogens with two attached hydrogens (primary N) is 1. The molecule has 0 saturated carbocycles. The lowest BCUT2D eigenvalue weighted by Crippen LogP contribution is -2.32. The SMILES string of the molecule is CC(C)CCn1ccc(O)c(C2=NS(=O)(=O)c3cc(N)ccc3N2)c1=O. The first-order valence-electron chi connectivity index (χ1n) is 8.13. The van der Waals surface area contributed by atoms with E-state index in [4.69, 9.17) is 5.73 Å². The molecule has 3 rings (SSSR count). The fourth-order valence-electron chi connectivity index (χ4n) is 2.64. The quantitative estimate of drug-likeness (QED) is 0.698. The first-order chi connectivity index (χ1) is 12.2. The van der Waals surface area contributed by atoms with Gasteiger partial charge in [0.2, 0.25) is 0 Å². The number of aryl methyl sites for hydroxylation is 1. The minimum Gasteiger partial charge on any atom is -0.507 e. The lowest BCUT2D eigenvalue weighted by molar-refractivity contribution is 0.464. The van der Waals surface area contributed by atoms with Crippen molar-refractivity contribution in [1.29, 1.82) is 0 Å². The highest BCUT2D eigenvalue weighted by Crippen LogP contribution is 2.30. The predicted octanol–water partition coefficient (Wildman–Crippen LogP) is 1.74. The maximum Gasteiger partial charge on any atom is 0.286 e. The summed E-state index contributed by atoms with van der Waals surface area (Å²) in [6.45, 7) is 4.53. The molecule has 2 heterocycles. The van der Waals surface area contributed by atoms with E-state index in [0.717, 1.165) is 6.42 Å². The second-order valence-corrected chi connectivity index (χ2v) is 8.13. The number of hydrogen-bond donors (Lipinski definition) is 3. The highest BCUT2D eigenvalue weighted by Gasteiger charge is 2.28. The van der Waals surface area contributed by atoms with Crippen LogP contribution in [0.3, 0.4) is 0 Å². The van der Waals surface area contributed by atoms with Crippen LogP contribution in [0.1, 0.15) is 25.8 Å². The van der Waals surface area contributed by atoms with Crippen molar-refractivity contribution in [2.75, 3.05) is 11.1 Å². The second kappa shape index (κ2) is 6.49. The van der Waals surface area contributed by atoms with Crippen molar-refractivity contribution in [2.45, 2.75) is 31.7 Å². The highest BCUT2D eigenvalue weighted by atomic mass is 32.2. The van der Waals surface area contributed by atoms with Crippen LogP contribution in [0.25, 0.3) is 0 Å². The molecule has 0 aliphatic carbocycles. The van der Waals surface area contributed by atoms with Gasteiger partial charge in [-0.25, -0.2) is 0 Å². The van der Waals surface area contributed by atoms with Crippen molar-refractivity contribution in [2.24, 2.45) is 10.3 Å². The van der Waals surface area contributed by atoms with Gasteiger partial charge in [0.1, 0.15) is 16.2 Å². The van der Waals surface area contributed by atoms with E-state index >= 15 is 0 Å². The van der Waals surface area contributed by atoms with E-state index < -0.39 is 15.6 Å². The van der Waals surface area contributed by atoms with Crippen LogP contribution >= 0.6 is 0 Å². The van der Waals surface area contributed by atoms with E-state index in [2.05, 4.69) is 9.71 Å². The van der Waals surface area contributed by atoms with E-state index in [1.165, 1.54) is 35.0 Å². The van der Waals surface area contributed by atoms with Gasteiger partial charge in [0.15, 0.2) is 5.84 Å². The van der Waals surface area contributed by atoms with Gasteiger partial charge in [-0.2, -0.15) is 8.42 Å². The Hall–Kier alpha value is -2.81. The number of nitrogens with one attached hydrogen (secondary N) is 1. The molecule has 0 spiro atoms. The molecule has 0 amide bonds. The first kappa shape index (κ1) is 18.0. The summed E-state index contributed by atoms with van der Waals surface area (Å²) >= 11 is 0. The van der Waals surface area contributed by atoms with Gasteiger partial charge in [0.25, 0.3) is 15.6 Å². The topological polar surface area (TPSA) is 127 Å². The van der Waals surface area contributed by atoms with Gasteiger partial charge in [0, 0.05) is 18.4 Å². The van der Waals surface area contributed by atoms with Gasteiger partial charge in [-0.05, 0) is 36.6 Å². The maximum absolute atomic E-state index is 12.7. The summed E-state index contributed by atoms with van der Waals surface area (Å²) in [5.41, 5.74) is 5.49. The summed E-state index contributed by atoms with van der Waals surface area (Å²) in [6, 6.07) is 5.68. The number of aromatic hydroxyl groups is 1. The maximum atomic E-state index is 12.7. The number of fused-ring (bicyclic) bond motifs is 1. The average molecular weight is 376 g/mol. The molecule has 138 valence electrons. The van der Waals surface area contributed by atoms with E-state index in [9.17, 15) is 18.3 Å². The molecule has 1 aliphatic heterocycles. The minimum atomic E-state index is -4.05. The number of pyridine rings is 1. The third kappa shape index (κ3) is 3.30. The average Bonchev–Trinajstić information content (AvgIpc) is 2.54. The van der Waals surface area contributed by atoms with E-state index in [1.807, 2.05) is 13.8 Å². The standard InChI is InChI=1S/C17H20N4O4S/c1-10(2)5-7-21-8-6-13(22)15(17(21)23)16-19-12-4-3-11(18)9-14(12)26(24,25)20-16/h3-4,6,8-10,22H,5,7,18H2,1-2H3,(H,19,20). The Morgan fingerprint density at radius 3 is 2.73 bits per heavy atom. The fourth-order valence-corrected chi connectivity index (χ4v) is 3.80. The zero-order valence-corrected chi connectivity index (χ0v) is 15.2. The first-order valence-corrected chi connectivity index (χ1v) is 9.57. The number of hydrogen-bond acceptors (Lipinski definition) is 6. The normalized spacial score (nSPS) is 15.3. The Kier molecular flexibility index (Phi) is 4.49. The molecule has 0 bridgehead atoms. The van der Waals surface area contributed by atoms with Crippen molar-refractivity contribution in [3.8, 4) is 5.75 Å². The number of amidine groups is 1. The molecule has 1 aromatic carbocycles. The molecule has 1 aliphatic rings. The van der Waals surface area contributed by atoms with Gasteiger partial charge in [-0.1, -0.05) is 13.8 Å². The summed E-state index contributed by atoms with van der Waals surface area (Å²) < 4.78 is 30.0. The van der Waals surface area contributed by atoms with Crippen molar-refractivity contribution < 1.29 is 13.5 Å². The van der Waals surface area contributed by atoms with Crippen molar-refractivity contribution >= 4 is 27.2 Å². The Bertz CT molecular complexity index is 1050. The number of anilines is 2. The van der Waals surface area contributed by atoms with Crippen LogP contribution in [0.2, 0.25) is 0 Å². The van der Waals surface area contributed by atoms with Crippen molar-refractivity contribution in [1.82, 2.24) is 4.57 Å². The molecule has 0 saturated heterocycles. The number of benzene rings is 1. The van der Waals surface area contributed by atoms with Crippen LogP contribution in [0.4, 0.5) is 11.4 Å². The number of rotatable bonds is 4. The fraction of sp³-hybridized carbons (Fsp3) is 0.294. The third-order valence-corrected chi connectivity index (χ3v) is 5.39. The summed E-state index contributed by atoms with van der Waals surface area (Å²) in [5, 5.41) is 13.0. The smallest absolute Gasteiger partial charge is 0.286 e. The Morgan fingerprint density at radius 2 is 2.04 bits per heavy atom. The van der Waals surface area contributed by atoms with Crippen LogP contribution in [-0.2, 0) is 16.6 Å². The van der Waals surface area contributed by atoms with Gasteiger partial charge in [-0.3, -0.25) is 4.79 Å². The zero-order chi connectivity index (χ0) is 19.1. The van der Waals surface area contributed by atoms with Crippen LogP contribution < -0.4 is 16.6 Å². The molecule has 0 unspecified atom stereocenters. The number of aromatic nitrogens is 1. The summed E-state index contributed by atoms with van der Waals surface area (Å²) in [6.07, 6.45) is 2.25. The molecule has 2 aromatic rings. The molecule has 0 atom stereocenters. The summed E-state index contributed by atoms with van der Waals surface area (Å²) in [4.78, 5) is 12.7. The molecule has 1 aromatic heterocycles. The van der Waals surface area contributed by atoms with E-state index in [-0.39, 0.29) is 33.4 Å². The zero-order valence-electron chi connectivity index (χ0n) is 14.4. The van der Waals surface area contributed by atoms with Gasteiger partial charge in [-0.15, -0.1) is 4.40 Å². The number of sulfonamides is 1. The van der Waals surface area contributed by atoms with Crippen molar-refractivity contribution in [3.63, 3.8) is 0 Å². The molecule has 26 heavy (non-hydrogen) atoms. The molecule has 4 N–H and O–H groups in total. The minimum absolute atomic E-state index is 0.0724. The molecule has 0 fully saturated rings. The largest absolute Gasteiger partial charge is 0.507 e. The molecule has 8 nitrogen and oxygen atoms in total. The molecule has 0 radical (unpaired) electrons. The third-order valence-electron chi connectivity index (χ3n) is 4.08. The highest BCUT2D eigenvalue weighted by molar-refractivity contribution is 7.90. The van der Waals surface area contributed by atoms with Gasteiger partial charge < -0.3 is 20.7 Å². The summed E-state index contributed by atoms with van der Waals surface area (Å²) in [5.74, 6) is -0.151. The van der Waals surface area contributed by atoms with E-state index in [0.29, 0.717) is 12.5 Å². The van der Waals surface area contributed by atoms with Crippen LogP contribution in [0.15, 0.2) is 44.6 Å². The molecular formula is C17H20N4O4S.